The molecule has 0 N–H and O–H groups in total. The molecule has 0 unspecified atom stereocenters. The Balaban J connectivity index is 1.53. The Morgan fingerprint density at radius 2 is 1.61 bits per heavy atom. The second-order valence-electron chi connectivity index (χ2n) is 6.24. The summed E-state index contributed by atoms with van der Waals surface area (Å²) in [7, 11) is 1.52. The number of halogens is 2. The largest absolute Gasteiger partial charge is 0.493 e. The zero-order chi connectivity index (χ0) is 20.1. The fourth-order valence-electron chi connectivity index (χ4n) is 2.96. The molecule has 0 spiro atoms. The molecule has 1 aliphatic heterocycles. The van der Waals surface area contributed by atoms with Crippen LogP contribution in [0.1, 0.15) is 10.4 Å². The van der Waals surface area contributed by atoms with E-state index in [0.29, 0.717) is 30.7 Å². The van der Waals surface area contributed by atoms with Crippen molar-refractivity contribution in [3.8, 4) is 11.5 Å². The third kappa shape index (κ3) is 4.39. The van der Waals surface area contributed by atoms with Crippen LogP contribution in [0.25, 0.3) is 0 Å². The highest BCUT2D eigenvalue weighted by molar-refractivity contribution is 5.94. The number of amides is 2. The lowest BCUT2D eigenvalue weighted by Gasteiger charge is -2.34. The summed E-state index contributed by atoms with van der Waals surface area (Å²) < 4.78 is 37.5. The van der Waals surface area contributed by atoms with Gasteiger partial charge in [-0.25, -0.2) is 8.78 Å². The molecule has 2 aromatic carbocycles. The van der Waals surface area contributed by atoms with E-state index in [1.807, 2.05) is 0 Å². The van der Waals surface area contributed by atoms with Gasteiger partial charge in [-0.05, 0) is 24.3 Å². The van der Waals surface area contributed by atoms with Crippen LogP contribution in [-0.2, 0) is 4.79 Å². The number of methoxy groups -OCH3 is 1. The van der Waals surface area contributed by atoms with E-state index in [4.69, 9.17) is 9.47 Å². The summed E-state index contributed by atoms with van der Waals surface area (Å²) >= 11 is 0. The molecule has 1 heterocycles. The van der Waals surface area contributed by atoms with Crippen molar-refractivity contribution in [3.05, 3.63) is 59.7 Å². The lowest BCUT2D eigenvalue weighted by atomic mass is 10.1. The third-order valence-electron chi connectivity index (χ3n) is 4.50. The van der Waals surface area contributed by atoms with E-state index in [-0.39, 0.29) is 31.2 Å². The Labute approximate surface area is 161 Å². The first-order valence-corrected chi connectivity index (χ1v) is 8.77. The van der Waals surface area contributed by atoms with Crippen LogP contribution < -0.4 is 9.47 Å². The van der Waals surface area contributed by atoms with Gasteiger partial charge in [-0.3, -0.25) is 9.59 Å². The lowest BCUT2D eigenvalue weighted by Crippen LogP contribution is -2.51. The Morgan fingerprint density at radius 1 is 0.964 bits per heavy atom. The van der Waals surface area contributed by atoms with Crippen molar-refractivity contribution in [2.24, 2.45) is 0 Å². The molecule has 1 aliphatic rings. The predicted molar refractivity (Wildman–Crippen MR) is 97.3 cm³/mol. The molecule has 1 saturated heterocycles. The van der Waals surface area contributed by atoms with E-state index in [9.17, 15) is 18.4 Å². The molecule has 2 aromatic rings. The van der Waals surface area contributed by atoms with Crippen LogP contribution in [0.5, 0.6) is 11.5 Å². The molecule has 1 fully saturated rings. The molecule has 6 nitrogen and oxygen atoms in total. The van der Waals surface area contributed by atoms with Gasteiger partial charge in [0.1, 0.15) is 11.6 Å². The van der Waals surface area contributed by atoms with Gasteiger partial charge in [-0.2, -0.15) is 0 Å². The number of hydrogen-bond donors (Lipinski definition) is 0. The standard InChI is InChI=1S/C20H20F2N2O4/c1-27-17-4-2-3-5-18(17)28-13-19(25)23-8-10-24(11-9-23)20(26)15-7-6-14(21)12-16(15)22/h2-7,12H,8-11,13H2,1H3. The molecule has 0 bridgehead atoms. The quantitative estimate of drug-likeness (QED) is 0.786. The zero-order valence-corrected chi connectivity index (χ0v) is 15.4. The summed E-state index contributed by atoms with van der Waals surface area (Å²) in [5.41, 5.74) is -0.180. The first-order chi connectivity index (χ1) is 13.5. The Morgan fingerprint density at radius 3 is 2.25 bits per heavy atom. The molecule has 0 aromatic heterocycles. The average Bonchev–Trinajstić information content (AvgIpc) is 2.72. The van der Waals surface area contributed by atoms with Gasteiger partial charge in [0.2, 0.25) is 0 Å². The van der Waals surface area contributed by atoms with Crippen LogP contribution >= 0.6 is 0 Å². The lowest BCUT2D eigenvalue weighted by molar-refractivity contribution is -0.134. The maximum Gasteiger partial charge on any atom is 0.260 e. The minimum absolute atomic E-state index is 0.152. The Hall–Kier alpha value is -3.16. The number of benzene rings is 2. The van der Waals surface area contributed by atoms with Gasteiger partial charge in [0.05, 0.1) is 12.7 Å². The minimum Gasteiger partial charge on any atom is -0.493 e. The molecule has 3 rings (SSSR count). The number of carbonyl (C=O) groups is 2. The summed E-state index contributed by atoms with van der Waals surface area (Å²) in [5.74, 6) is -1.36. The highest BCUT2D eigenvalue weighted by atomic mass is 19.1. The predicted octanol–water partition coefficient (Wildman–Crippen LogP) is 2.34. The maximum atomic E-state index is 13.8. The second-order valence-corrected chi connectivity index (χ2v) is 6.24. The summed E-state index contributed by atoms with van der Waals surface area (Å²) in [4.78, 5) is 27.8. The van der Waals surface area contributed by atoms with Gasteiger partial charge < -0.3 is 19.3 Å². The number of hydrogen-bond acceptors (Lipinski definition) is 4. The molecule has 2 amide bonds. The van der Waals surface area contributed by atoms with Crippen molar-refractivity contribution in [2.45, 2.75) is 0 Å². The van der Waals surface area contributed by atoms with Gasteiger partial charge in [0.25, 0.3) is 11.8 Å². The first kappa shape index (κ1) is 19.6. The number of para-hydroxylation sites is 2. The number of nitrogens with zero attached hydrogens (tertiary/aromatic N) is 2. The van der Waals surface area contributed by atoms with Gasteiger partial charge in [0, 0.05) is 32.2 Å². The van der Waals surface area contributed by atoms with Crippen molar-refractivity contribution < 1.29 is 27.8 Å². The normalized spacial score (nSPS) is 14.0. The van der Waals surface area contributed by atoms with Gasteiger partial charge in [0.15, 0.2) is 18.1 Å². The summed E-state index contributed by atoms with van der Waals surface area (Å²) in [5, 5.41) is 0. The molecule has 28 heavy (non-hydrogen) atoms. The van der Waals surface area contributed by atoms with E-state index in [1.165, 1.54) is 12.0 Å². The average molecular weight is 390 g/mol. The fraction of sp³-hybridized carbons (Fsp3) is 0.300. The van der Waals surface area contributed by atoms with Crippen molar-refractivity contribution in [2.75, 3.05) is 39.9 Å². The molecular weight excluding hydrogens is 370 g/mol. The SMILES string of the molecule is COc1ccccc1OCC(=O)N1CCN(C(=O)c2ccc(F)cc2F)CC1. The Kier molecular flexibility index (Phi) is 6.08. The van der Waals surface area contributed by atoms with E-state index in [0.717, 1.165) is 12.1 Å². The van der Waals surface area contributed by atoms with E-state index < -0.39 is 17.5 Å². The topological polar surface area (TPSA) is 59.1 Å². The molecule has 148 valence electrons. The summed E-state index contributed by atoms with van der Waals surface area (Å²) in [6, 6.07) is 9.88. The highest BCUT2D eigenvalue weighted by Gasteiger charge is 2.26. The molecule has 0 aliphatic carbocycles. The van der Waals surface area contributed by atoms with Crippen molar-refractivity contribution in [3.63, 3.8) is 0 Å². The van der Waals surface area contributed by atoms with E-state index in [1.54, 1.807) is 29.2 Å². The van der Waals surface area contributed by atoms with Crippen LogP contribution in [0.15, 0.2) is 42.5 Å². The Bertz CT molecular complexity index is 867. The van der Waals surface area contributed by atoms with Crippen LogP contribution in [0.2, 0.25) is 0 Å². The zero-order valence-electron chi connectivity index (χ0n) is 15.4. The number of piperazine rings is 1. The third-order valence-corrected chi connectivity index (χ3v) is 4.50. The van der Waals surface area contributed by atoms with E-state index in [2.05, 4.69) is 0 Å². The van der Waals surface area contributed by atoms with Crippen LogP contribution in [0, 0.1) is 11.6 Å². The first-order valence-electron chi connectivity index (χ1n) is 8.77. The fourth-order valence-corrected chi connectivity index (χ4v) is 2.96. The van der Waals surface area contributed by atoms with Crippen molar-refractivity contribution in [1.82, 2.24) is 9.80 Å². The smallest absolute Gasteiger partial charge is 0.260 e. The summed E-state index contributed by atoms with van der Waals surface area (Å²) in [6.45, 7) is 0.984. The monoisotopic (exact) mass is 390 g/mol. The molecular formula is C20H20F2N2O4. The highest BCUT2D eigenvalue weighted by Crippen LogP contribution is 2.25. The number of ether oxygens (including phenoxy) is 2. The van der Waals surface area contributed by atoms with Gasteiger partial charge in [-0.15, -0.1) is 0 Å². The van der Waals surface area contributed by atoms with E-state index >= 15 is 0 Å². The van der Waals surface area contributed by atoms with Gasteiger partial charge >= 0.3 is 0 Å². The molecule has 0 atom stereocenters. The minimum atomic E-state index is -0.895. The molecule has 0 saturated carbocycles. The second kappa shape index (κ2) is 8.69. The molecule has 8 heteroatoms. The van der Waals surface area contributed by atoms with Crippen LogP contribution in [-0.4, -0.2) is 61.5 Å². The van der Waals surface area contributed by atoms with Crippen molar-refractivity contribution in [1.29, 1.82) is 0 Å². The van der Waals surface area contributed by atoms with Crippen molar-refractivity contribution >= 4 is 11.8 Å². The van der Waals surface area contributed by atoms with Gasteiger partial charge in [-0.1, -0.05) is 12.1 Å². The number of rotatable bonds is 5. The summed E-state index contributed by atoms with van der Waals surface area (Å²) in [6.07, 6.45) is 0. The van der Waals surface area contributed by atoms with Crippen LogP contribution in [0.3, 0.4) is 0 Å². The van der Waals surface area contributed by atoms with Crippen LogP contribution in [0.4, 0.5) is 8.78 Å². The number of carbonyl (C=O) groups excluding carboxylic acids is 2. The maximum absolute atomic E-state index is 13.8. The molecule has 0 radical (unpaired) electrons.